The van der Waals surface area contributed by atoms with Crippen molar-refractivity contribution >= 4 is 32.3 Å². The van der Waals surface area contributed by atoms with Gasteiger partial charge in [0.1, 0.15) is 0 Å². The zero-order valence-corrected chi connectivity index (χ0v) is 33.2. The molecule has 3 heteroatoms. The van der Waals surface area contributed by atoms with E-state index in [9.17, 15) is 0 Å². The number of rotatable bonds is 6. The summed E-state index contributed by atoms with van der Waals surface area (Å²) in [7, 11) is 0. The lowest BCUT2D eigenvalue weighted by molar-refractivity contribution is 0.770. The summed E-state index contributed by atoms with van der Waals surface area (Å²) in [5.74, 6) is 1.90. The van der Waals surface area contributed by atoms with E-state index in [0.29, 0.717) is 17.5 Å². The number of fused-ring (bicyclic) bond motifs is 6. The minimum atomic E-state index is -0.647. The predicted molar refractivity (Wildman–Crippen MR) is 251 cm³/mol. The summed E-state index contributed by atoms with van der Waals surface area (Å²) in [4.78, 5) is 15.8. The Labute approximate surface area is 354 Å². The van der Waals surface area contributed by atoms with Crippen LogP contribution in [0.1, 0.15) is 22.3 Å². The lowest BCUT2D eigenvalue weighted by Crippen LogP contribution is -2.28. The van der Waals surface area contributed by atoms with Gasteiger partial charge in [-0.15, -0.1) is 0 Å². The van der Waals surface area contributed by atoms with Crippen LogP contribution in [0.4, 0.5) is 0 Å². The maximum atomic E-state index is 5.32. The van der Waals surface area contributed by atoms with E-state index in [4.69, 9.17) is 15.0 Å². The van der Waals surface area contributed by atoms with Crippen molar-refractivity contribution in [3.8, 4) is 56.4 Å². The van der Waals surface area contributed by atoms with Gasteiger partial charge in [0.25, 0.3) is 0 Å². The van der Waals surface area contributed by atoms with Gasteiger partial charge < -0.3 is 0 Å². The van der Waals surface area contributed by atoms with Gasteiger partial charge in [0, 0.05) is 16.7 Å². The van der Waals surface area contributed by atoms with Crippen molar-refractivity contribution in [1.82, 2.24) is 15.0 Å². The van der Waals surface area contributed by atoms with E-state index in [2.05, 4.69) is 224 Å². The second-order valence-corrected chi connectivity index (χ2v) is 15.9. The fourth-order valence-corrected chi connectivity index (χ4v) is 9.77. The first kappa shape index (κ1) is 35.0. The van der Waals surface area contributed by atoms with Crippen LogP contribution in [0.25, 0.3) is 88.7 Å². The van der Waals surface area contributed by atoms with Gasteiger partial charge in [-0.3, -0.25) is 0 Å². The monoisotopic (exact) mass is 775 g/mol. The molecule has 0 amide bonds. The smallest absolute Gasteiger partial charge is 0.164 e. The van der Waals surface area contributed by atoms with Crippen LogP contribution in [-0.2, 0) is 5.41 Å². The van der Waals surface area contributed by atoms with Crippen LogP contribution in [0.5, 0.6) is 0 Å². The molecule has 3 nitrogen and oxygen atoms in total. The van der Waals surface area contributed by atoms with Crippen molar-refractivity contribution in [2.24, 2.45) is 0 Å². The van der Waals surface area contributed by atoms with Gasteiger partial charge in [0.05, 0.1) is 5.41 Å². The van der Waals surface area contributed by atoms with Crippen LogP contribution >= 0.6 is 0 Å². The molecule has 0 spiro atoms. The molecule has 12 rings (SSSR count). The third kappa shape index (κ3) is 5.62. The van der Waals surface area contributed by atoms with Gasteiger partial charge in [-0.25, -0.2) is 15.0 Å². The van der Waals surface area contributed by atoms with E-state index in [0.717, 1.165) is 27.5 Å². The minimum absolute atomic E-state index is 0.628. The molecular weight excluding hydrogens is 739 g/mol. The molecule has 0 bridgehead atoms. The maximum Gasteiger partial charge on any atom is 0.164 e. The van der Waals surface area contributed by atoms with Crippen molar-refractivity contribution < 1.29 is 0 Å². The molecule has 1 aromatic heterocycles. The molecule has 0 N–H and O–H groups in total. The van der Waals surface area contributed by atoms with Crippen molar-refractivity contribution in [3.05, 3.63) is 247 Å². The first-order valence-corrected chi connectivity index (χ1v) is 20.8. The lowest BCUT2D eigenvalue weighted by Gasteiger charge is -2.34. The van der Waals surface area contributed by atoms with Crippen LogP contribution in [0.2, 0.25) is 0 Å². The maximum absolute atomic E-state index is 5.32. The summed E-state index contributed by atoms with van der Waals surface area (Å²) in [6.45, 7) is 0. The lowest BCUT2D eigenvalue weighted by atomic mass is 9.67. The Balaban J connectivity index is 1.16. The molecule has 0 unspecified atom stereocenters. The summed E-state index contributed by atoms with van der Waals surface area (Å²) in [6.07, 6.45) is 0. The van der Waals surface area contributed by atoms with E-state index in [-0.39, 0.29) is 0 Å². The average molecular weight is 776 g/mol. The molecule has 0 aliphatic heterocycles. The third-order valence-electron chi connectivity index (χ3n) is 12.5. The van der Waals surface area contributed by atoms with Gasteiger partial charge in [-0.05, 0) is 101 Å². The highest BCUT2D eigenvalue weighted by Gasteiger charge is 2.47. The highest BCUT2D eigenvalue weighted by Crippen LogP contribution is 2.60. The molecule has 0 fully saturated rings. The number of aromatic nitrogens is 3. The standard InChI is InChI=1S/C58H37N3/c1-4-18-40(19-5-1)53-49-27-15-14-22-43(49)36-52-54(53)50-33-32-46(37-51(50)58(52,47-23-6-2-7-24-47)48-25-8-3-9-26-48)57-60-55(44-30-28-38-16-10-12-20-41(38)34-44)59-56(61-57)45-31-29-39-17-11-13-21-42(39)35-45/h1-37H. The molecule has 284 valence electrons. The Hall–Kier alpha value is -8.01. The van der Waals surface area contributed by atoms with Crippen molar-refractivity contribution in [2.75, 3.05) is 0 Å². The van der Waals surface area contributed by atoms with Gasteiger partial charge in [-0.1, -0.05) is 200 Å². The Bertz CT molecular complexity index is 3330. The highest BCUT2D eigenvalue weighted by atomic mass is 15.0. The Morgan fingerprint density at radius 3 is 1.28 bits per heavy atom. The normalized spacial score (nSPS) is 12.7. The average Bonchev–Trinajstić information content (AvgIpc) is 3.63. The summed E-state index contributed by atoms with van der Waals surface area (Å²) in [5.41, 5.74) is 11.9. The van der Waals surface area contributed by atoms with Crippen LogP contribution in [0.3, 0.4) is 0 Å². The first-order valence-electron chi connectivity index (χ1n) is 20.8. The topological polar surface area (TPSA) is 38.7 Å². The van der Waals surface area contributed by atoms with E-state index < -0.39 is 5.41 Å². The van der Waals surface area contributed by atoms with Crippen LogP contribution in [0.15, 0.2) is 224 Å². The first-order chi connectivity index (χ1) is 30.2. The van der Waals surface area contributed by atoms with Crippen molar-refractivity contribution in [1.29, 1.82) is 0 Å². The fraction of sp³-hybridized carbons (Fsp3) is 0.0172. The number of nitrogens with zero attached hydrogens (tertiary/aromatic N) is 3. The molecule has 61 heavy (non-hydrogen) atoms. The number of benzene rings is 10. The largest absolute Gasteiger partial charge is 0.208 e. The summed E-state index contributed by atoms with van der Waals surface area (Å²) >= 11 is 0. The minimum Gasteiger partial charge on any atom is -0.208 e. The Kier molecular flexibility index (Phi) is 8.07. The zero-order chi connectivity index (χ0) is 40.3. The van der Waals surface area contributed by atoms with Gasteiger partial charge >= 0.3 is 0 Å². The molecule has 1 aliphatic carbocycles. The Morgan fingerprint density at radius 1 is 0.279 bits per heavy atom. The van der Waals surface area contributed by atoms with Crippen molar-refractivity contribution in [2.45, 2.75) is 5.41 Å². The van der Waals surface area contributed by atoms with E-state index >= 15 is 0 Å². The van der Waals surface area contributed by atoms with Crippen LogP contribution < -0.4 is 0 Å². The molecule has 1 aliphatic rings. The molecule has 10 aromatic carbocycles. The Morgan fingerprint density at radius 2 is 0.721 bits per heavy atom. The van der Waals surface area contributed by atoms with Gasteiger partial charge in [0.2, 0.25) is 0 Å². The summed E-state index contributed by atoms with van der Waals surface area (Å²) in [5, 5.41) is 7.07. The molecule has 0 saturated carbocycles. The van der Waals surface area contributed by atoms with Crippen molar-refractivity contribution in [3.63, 3.8) is 0 Å². The van der Waals surface area contributed by atoms with Gasteiger partial charge in [-0.2, -0.15) is 0 Å². The predicted octanol–water partition coefficient (Wildman–Crippen LogP) is 14.4. The zero-order valence-electron chi connectivity index (χ0n) is 33.2. The summed E-state index contributed by atoms with van der Waals surface area (Å²) < 4.78 is 0. The van der Waals surface area contributed by atoms with E-state index in [1.54, 1.807) is 0 Å². The summed E-state index contributed by atoms with van der Waals surface area (Å²) in [6, 6.07) is 80.8. The van der Waals surface area contributed by atoms with Crippen LogP contribution in [0, 0.1) is 0 Å². The molecule has 0 atom stereocenters. The SMILES string of the molecule is c1ccc(-c2c3c(cc4ccccc24)C(c2ccccc2)(c2ccccc2)c2cc(-c4nc(-c5ccc6ccccc6c5)nc(-c5ccc6ccccc6c5)n4)ccc2-3)cc1. The number of hydrogen-bond donors (Lipinski definition) is 0. The fourth-order valence-electron chi connectivity index (χ4n) is 9.77. The third-order valence-corrected chi connectivity index (χ3v) is 12.5. The molecular formula is C58H37N3. The molecule has 0 radical (unpaired) electrons. The second kappa shape index (κ2) is 14.1. The molecule has 0 saturated heterocycles. The van der Waals surface area contributed by atoms with E-state index in [1.807, 2.05) is 0 Å². The second-order valence-electron chi connectivity index (χ2n) is 15.9. The molecule has 1 heterocycles. The van der Waals surface area contributed by atoms with Crippen LogP contribution in [-0.4, -0.2) is 15.0 Å². The molecule has 11 aromatic rings. The van der Waals surface area contributed by atoms with Gasteiger partial charge in [0.15, 0.2) is 17.5 Å². The highest BCUT2D eigenvalue weighted by molar-refractivity contribution is 6.09. The quantitative estimate of drug-likeness (QED) is 0.169. The van der Waals surface area contributed by atoms with E-state index in [1.165, 1.54) is 66.1 Å². The number of hydrogen-bond acceptors (Lipinski definition) is 3.